The second kappa shape index (κ2) is 6.49. The molecule has 7 rings (SSSR count). The Labute approximate surface area is 170 Å². The van der Waals surface area contributed by atoms with Gasteiger partial charge in [-0.05, 0) is 66.0 Å². The fraction of sp³-hybridized carbons (Fsp3) is 0.458. The highest BCUT2D eigenvalue weighted by molar-refractivity contribution is 5.64. The Morgan fingerprint density at radius 3 is 2.24 bits per heavy atom. The van der Waals surface area contributed by atoms with E-state index in [1.165, 1.54) is 16.7 Å². The molecule has 0 saturated heterocycles. The Bertz CT molecular complexity index is 971. The Morgan fingerprint density at radius 2 is 1.59 bits per heavy atom. The van der Waals surface area contributed by atoms with Crippen molar-refractivity contribution in [2.75, 3.05) is 0 Å². The number of aromatic amines is 1. The molecule has 5 nitrogen and oxygen atoms in total. The number of H-pyrrole nitrogens is 1. The molecule has 0 aliphatic heterocycles. The third-order valence-corrected chi connectivity index (χ3v) is 8.12. The van der Waals surface area contributed by atoms with Gasteiger partial charge in [-0.15, -0.1) is 10.2 Å². The van der Waals surface area contributed by atoms with E-state index in [0.29, 0.717) is 23.7 Å². The average Bonchev–Trinajstić information content (AvgIpc) is 3.26. The molecule has 2 aromatic carbocycles. The summed E-state index contributed by atoms with van der Waals surface area (Å²) >= 11 is 0. The first-order valence-corrected chi connectivity index (χ1v) is 10.8. The van der Waals surface area contributed by atoms with Gasteiger partial charge in [-0.25, -0.2) is 0 Å². The number of rotatable bonds is 4. The smallest absolute Gasteiger partial charge is 0.175 e. The lowest BCUT2D eigenvalue weighted by Crippen LogP contribution is -2.61. The van der Waals surface area contributed by atoms with Gasteiger partial charge in [-0.3, -0.25) is 0 Å². The van der Waals surface area contributed by atoms with Crippen LogP contribution in [0.15, 0.2) is 54.6 Å². The van der Waals surface area contributed by atoms with Crippen LogP contribution < -0.4 is 0 Å². The highest BCUT2D eigenvalue weighted by Gasteiger charge is 2.60. The van der Waals surface area contributed by atoms with Gasteiger partial charge < -0.3 is 5.11 Å². The highest BCUT2D eigenvalue weighted by atomic mass is 16.3. The Kier molecular flexibility index (Phi) is 3.88. The number of tetrazole rings is 1. The zero-order chi connectivity index (χ0) is 19.4. The lowest BCUT2D eigenvalue weighted by atomic mass is 9.42. The van der Waals surface area contributed by atoms with Gasteiger partial charge in [-0.2, -0.15) is 5.21 Å². The third-order valence-electron chi connectivity index (χ3n) is 8.12. The molecule has 3 aromatic rings. The van der Waals surface area contributed by atoms with Crippen LogP contribution in [0.1, 0.15) is 37.1 Å². The van der Waals surface area contributed by atoms with Crippen molar-refractivity contribution in [3.63, 3.8) is 0 Å². The van der Waals surface area contributed by atoms with Gasteiger partial charge in [0.1, 0.15) is 0 Å². The van der Waals surface area contributed by atoms with E-state index in [-0.39, 0.29) is 11.5 Å². The molecule has 4 saturated carbocycles. The van der Waals surface area contributed by atoms with Crippen molar-refractivity contribution >= 4 is 0 Å². The highest BCUT2D eigenvalue weighted by Crippen LogP contribution is 2.63. The lowest BCUT2D eigenvalue weighted by molar-refractivity contribution is -0.136. The first-order chi connectivity index (χ1) is 14.2. The molecule has 0 amide bonds. The first-order valence-electron chi connectivity index (χ1n) is 10.8. The molecule has 1 heterocycles. The second-order valence-corrected chi connectivity index (χ2v) is 9.34. The minimum atomic E-state index is -0.0960. The summed E-state index contributed by atoms with van der Waals surface area (Å²) in [4.78, 5) is 0. The van der Waals surface area contributed by atoms with Crippen molar-refractivity contribution in [2.45, 2.75) is 43.6 Å². The van der Waals surface area contributed by atoms with E-state index in [4.69, 9.17) is 0 Å². The van der Waals surface area contributed by atoms with E-state index >= 15 is 0 Å². The average molecular weight is 386 g/mol. The molecule has 5 heteroatoms. The monoisotopic (exact) mass is 386 g/mol. The van der Waals surface area contributed by atoms with Crippen molar-refractivity contribution in [2.24, 2.45) is 23.7 Å². The largest absolute Gasteiger partial charge is 0.393 e. The van der Waals surface area contributed by atoms with E-state index < -0.39 is 0 Å². The summed E-state index contributed by atoms with van der Waals surface area (Å²) in [6, 6.07) is 19.7. The number of aliphatic hydroxyl groups is 1. The van der Waals surface area contributed by atoms with Crippen LogP contribution in [0.3, 0.4) is 0 Å². The van der Waals surface area contributed by atoms with E-state index in [9.17, 15) is 5.11 Å². The van der Waals surface area contributed by atoms with Gasteiger partial charge in [0.05, 0.1) is 6.10 Å². The van der Waals surface area contributed by atoms with Crippen molar-refractivity contribution in [1.29, 1.82) is 0 Å². The van der Waals surface area contributed by atoms with Crippen LogP contribution in [0.25, 0.3) is 11.1 Å². The molecule has 4 bridgehead atoms. The molecular weight excluding hydrogens is 360 g/mol. The number of nitrogens with zero attached hydrogens (tertiary/aromatic N) is 3. The van der Waals surface area contributed by atoms with Crippen molar-refractivity contribution < 1.29 is 5.11 Å². The minimum absolute atomic E-state index is 0.0296. The van der Waals surface area contributed by atoms with E-state index in [1.54, 1.807) is 0 Å². The van der Waals surface area contributed by atoms with Gasteiger partial charge in [0.2, 0.25) is 0 Å². The maximum absolute atomic E-state index is 10.7. The van der Waals surface area contributed by atoms with E-state index in [0.717, 1.165) is 37.9 Å². The predicted molar refractivity (Wildman–Crippen MR) is 110 cm³/mol. The Morgan fingerprint density at radius 1 is 0.897 bits per heavy atom. The minimum Gasteiger partial charge on any atom is -0.393 e. The summed E-state index contributed by atoms with van der Waals surface area (Å²) in [6.45, 7) is 0. The number of benzene rings is 2. The molecule has 29 heavy (non-hydrogen) atoms. The van der Waals surface area contributed by atoms with Gasteiger partial charge in [0.25, 0.3) is 0 Å². The maximum Gasteiger partial charge on any atom is 0.175 e. The zero-order valence-corrected chi connectivity index (χ0v) is 16.4. The SMILES string of the molecule is OC1C2CC3CC1CC(C2)C3(Cc1nn[nH]n1)c1cccc(-c2ccccc2)c1. The van der Waals surface area contributed by atoms with Crippen LogP contribution in [0, 0.1) is 23.7 Å². The van der Waals surface area contributed by atoms with Crippen molar-refractivity contribution in [3.8, 4) is 11.1 Å². The maximum atomic E-state index is 10.7. The standard InChI is InChI=1S/C24H26N4O/c29-23-17-10-20-12-18(23)13-21(11-17)24(20,14-22-25-27-28-26-22)19-8-4-7-16(9-19)15-5-2-1-3-6-15/h1-9,17-18,20-21,23,29H,10-14H2,(H,25,26,27,28). The van der Waals surface area contributed by atoms with Gasteiger partial charge in [0.15, 0.2) is 5.82 Å². The van der Waals surface area contributed by atoms with Crippen LogP contribution in [0.4, 0.5) is 0 Å². The lowest BCUT2D eigenvalue weighted by Gasteiger charge is -2.63. The van der Waals surface area contributed by atoms with E-state index in [2.05, 4.69) is 75.2 Å². The fourth-order valence-electron chi connectivity index (χ4n) is 6.96. The molecule has 148 valence electrons. The zero-order valence-electron chi connectivity index (χ0n) is 16.4. The van der Waals surface area contributed by atoms with Crippen LogP contribution >= 0.6 is 0 Å². The molecule has 0 spiro atoms. The summed E-state index contributed by atoms with van der Waals surface area (Å²) in [5.74, 6) is 2.88. The summed E-state index contributed by atoms with van der Waals surface area (Å²) in [5, 5.41) is 25.8. The summed E-state index contributed by atoms with van der Waals surface area (Å²) in [7, 11) is 0. The van der Waals surface area contributed by atoms with Crippen LogP contribution in [-0.4, -0.2) is 31.8 Å². The van der Waals surface area contributed by atoms with Crippen molar-refractivity contribution in [1.82, 2.24) is 20.6 Å². The molecular formula is C24H26N4O. The van der Waals surface area contributed by atoms with Crippen LogP contribution in [-0.2, 0) is 11.8 Å². The number of aliphatic hydroxyl groups excluding tert-OH is 1. The normalized spacial score (nSPS) is 35.1. The quantitative estimate of drug-likeness (QED) is 0.716. The van der Waals surface area contributed by atoms with Gasteiger partial charge >= 0.3 is 0 Å². The second-order valence-electron chi connectivity index (χ2n) is 9.34. The number of hydrogen-bond acceptors (Lipinski definition) is 4. The molecule has 4 fully saturated rings. The molecule has 1 aromatic heterocycles. The third kappa shape index (κ3) is 2.60. The molecule has 2 N–H and O–H groups in total. The first kappa shape index (κ1) is 17.3. The van der Waals surface area contributed by atoms with Crippen LogP contribution in [0.2, 0.25) is 0 Å². The fourth-order valence-corrected chi connectivity index (χ4v) is 6.96. The van der Waals surface area contributed by atoms with Gasteiger partial charge in [-0.1, -0.05) is 59.8 Å². The Hall–Kier alpha value is -2.53. The molecule has 4 aliphatic rings. The summed E-state index contributed by atoms with van der Waals surface area (Å²) < 4.78 is 0. The number of aromatic nitrogens is 4. The van der Waals surface area contributed by atoms with Gasteiger partial charge in [0, 0.05) is 11.8 Å². The molecule has 0 radical (unpaired) electrons. The number of hydrogen-bond donors (Lipinski definition) is 2. The van der Waals surface area contributed by atoms with Crippen molar-refractivity contribution in [3.05, 3.63) is 66.0 Å². The predicted octanol–water partition coefficient (Wildman–Crippen LogP) is 3.77. The molecule has 0 unspecified atom stereocenters. The molecule has 4 aliphatic carbocycles. The summed E-state index contributed by atoms with van der Waals surface area (Å²) in [5.41, 5.74) is 3.96. The van der Waals surface area contributed by atoms with E-state index in [1.807, 2.05) is 0 Å². The van der Waals surface area contributed by atoms with Crippen LogP contribution in [0.5, 0.6) is 0 Å². The topological polar surface area (TPSA) is 74.7 Å². The summed E-state index contributed by atoms with van der Waals surface area (Å²) in [6.07, 6.45) is 5.18. The molecule has 0 atom stereocenters. The Balaban J connectivity index is 1.48. The number of nitrogens with one attached hydrogen (secondary N) is 1.